The maximum absolute atomic E-state index is 13.4. The number of aliphatic carboxylic acids is 1. The Balaban J connectivity index is 2.10. The van der Waals surface area contributed by atoms with E-state index in [0.29, 0.717) is 17.9 Å². The van der Waals surface area contributed by atoms with Crippen LogP contribution in [0.4, 0.5) is 4.39 Å². The Morgan fingerprint density at radius 3 is 2.65 bits per heavy atom. The summed E-state index contributed by atoms with van der Waals surface area (Å²) in [5, 5.41) is 8.55. The van der Waals surface area contributed by atoms with Crippen LogP contribution in [0.1, 0.15) is 11.1 Å². The van der Waals surface area contributed by atoms with E-state index >= 15 is 0 Å². The molecule has 0 aromatic heterocycles. The molecule has 0 aliphatic carbocycles. The highest BCUT2D eigenvalue weighted by Crippen LogP contribution is 2.19. The normalized spacial score (nSPS) is 10.7. The second kappa shape index (κ2) is 6.52. The second-order valence-corrected chi connectivity index (χ2v) is 4.17. The van der Waals surface area contributed by atoms with Gasteiger partial charge in [0.25, 0.3) is 0 Å². The zero-order valence-corrected chi connectivity index (χ0v) is 10.6. The predicted molar refractivity (Wildman–Crippen MR) is 73.8 cm³/mol. The molecule has 0 atom stereocenters. The van der Waals surface area contributed by atoms with Gasteiger partial charge in [0, 0.05) is 12.1 Å². The van der Waals surface area contributed by atoms with Crippen LogP contribution in [-0.4, -0.2) is 11.1 Å². The summed E-state index contributed by atoms with van der Waals surface area (Å²) in [6.07, 6.45) is 2.27. The van der Waals surface area contributed by atoms with E-state index in [4.69, 9.17) is 9.84 Å². The standard InChI is InChI=1S/C16H13FO3/c17-14-8-13(6-7-16(18)19)9-15(10-14)20-11-12-4-2-1-3-5-12/h1-10H,11H2,(H,18,19)/b7-6+. The number of hydrogen-bond acceptors (Lipinski definition) is 2. The van der Waals surface area contributed by atoms with Gasteiger partial charge in [-0.1, -0.05) is 30.3 Å². The lowest BCUT2D eigenvalue weighted by atomic mass is 10.2. The van der Waals surface area contributed by atoms with Crippen molar-refractivity contribution in [2.75, 3.05) is 0 Å². The molecule has 0 saturated heterocycles. The Labute approximate surface area is 115 Å². The molecule has 4 heteroatoms. The van der Waals surface area contributed by atoms with E-state index in [1.54, 1.807) is 6.07 Å². The molecule has 2 aromatic carbocycles. The van der Waals surface area contributed by atoms with Crippen molar-refractivity contribution in [2.24, 2.45) is 0 Å². The highest BCUT2D eigenvalue weighted by atomic mass is 19.1. The Morgan fingerprint density at radius 1 is 1.20 bits per heavy atom. The van der Waals surface area contributed by atoms with Crippen LogP contribution in [0.5, 0.6) is 5.75 Å². The molecule has 0 fully saturated rings. The number of halogens is 1. The minimum absolute atomic E-state index is 0.326. The predicted octanol–water partition coefficient (Wildman–Crippen LogP) is 3.50. The van der Waals surface area contributed by atoms with Crippen LogP contribution in [-0.2, 0) is 11.4 Å². The van der Waals surface area contributed by atoms with Crippen molar-refractivity contribution in [1.82, 2.24) is 0 Å². The van der Waals surface area contributed by atoms with Gasteiger partial charge < -0.3 is 9.84 Å². The first kappa shape index (κ1) is 13.8. The molecule has 102 valence electrons. The summed E-state index contributed by atoms with van der Waals surface area (Å²) >= 11 is 0. The summed E-state index contributed by atoms with van der Waals surface area (Å²) in [5.74, 6) is -1.19. The van der Waals surface area contributed by atoms with Gasteiger partial charge in [0.2, 0.25) is 0 Å². The van der Waals surface area contributed by atoms with E-state index in [-0.39, 0.29) is 0 Å². The molecule has 20 heavy (non-hydrogen) atoms. The van der Waals surface area contributed by atoms with Crippen LogP contribution in [0.2, 0.25) is 0 Å². The number of carbonyl (C=O) groups is 1. The maximum atomic E-state index is 13.4. The summed E-state index contributed by atoms with van der Waals surface area (Å²) in [6, 6.07) is 13.6. The van der Waals surface area contributed by atoms with Crippen molar-refractivity contribution < 1.29 is 19.0 Å². The molecule has 2 aromatic rings. The average Bonchev–Trinajstić information content (AvgIpc) is 2.44. The van der Waals surface area contributed by atoms with Crippen LogP contribution in [0.25, 0.3) is 6.08 Å². The highest BCUT2D eigenvalue weighted by molar-refractivity contribution is 5.85. The lowest BCUT2D eigenvalue weighted by Gasteiger charge is -2.07. The monoisotopic (exact) mass is 272 g/mol. The van der Waals surface area contributed by atoms with Crippen molar-refractivity contribution in [3.8, 4) is 5.75 Å². The van der Waals surface area contributed by atoms with Crippen molar-refractivity contribution in [1.29, 1.82) is 0 Å². The van der Waals surface area contributed by atoms with Crippen LogP contribution in [0, 0.1) is 5.82 Å². The van der Waals surface area contributed by atoms with Gasteiger partial charge in [0.1, 0.15) is 18.2 Å². The second-order valence-electron chi connectivity index (χ2n) is 4.17. The number of carboxylic acid groups (broad SMARTS) is 1. The Hall–Kier alpha value is -2.62. The van der Waals surface area contributed by atoms with Gasteiger partial charge in [0.05, 0.1) is 0 Å². The number of carboxylic acids is 1. The molecule has 3 nitrogen and oxygen atoms in total. The van der Waals surface area contributed by atoms with E-state index < -0.39 is 11.8 Å². The third-order valence-corrected chi connectivity index (χ3v) is 2.56. The van der Waals surface area contributed by atoms with Gasteiger partial charge >= 0.3 is 5.97 Å². The van der Waals surface area contributed by atoms with E-state index in [0.717, 1.165) is 11.6 Å². The van der Waals surface area contributed by atoms with Crippen LogP contribution >= 0.6 is 0 Å². The van der Waals surface area contributed by atoms with Crippen molar-refractivity contribution in [3.05, 3.63) is 71.6 Å². The van der Waals surface area contributed by atoms with E-state index in [1.807, 2.05) is 30.3 Å². The molecule has 0 saturated carbocycles. The molecule has 2 rings (SSSR count). The summed E-state index contributed by atoms with van der Waals surface area (Å²) < 4.78 is 18.9. The summed E-state index contributed by atoms with van der Waals surface area (Å²) in [6.45, 7) is 0.326. The Kier molecular flexibility index (Phi) is 4.50. The van der Waals surface area contributed by atoms with Gasteiger partial charge in [-0.25, -0.2) is 9.18 Å². The smallest absolute Gasteiger partial charge is 0.328 e. The van der Waals surface area contributed by atoms with Gasteiger partial charge in [-0.2, -0.15) is 0 Å². The minimum Gasteiger partial charge on any atom is -0.489 e. The number of rotatable bonds is 5. The first-order chi connectivity index (χ1) is 9.63. The van der Waals surface area contributed by atoms with E-state index in [9.17, 15) is 9.18 Å². The molecule has 0 amide bonds. The Morgan fingerprint density at radius 2 is 1.95 bits per heavy atom. The van der Waals surface area contributed by atoms with Crippen LogP contribution in [0.15, 0.2) is 54.6 Å². The lowest BCUT2D eigenvalue weighted by molar-refractivity contribution is -0.131. The summed E-state index contributed by atoms with van der Waals surface area (Å²) in [7, 11) is 0. The third-order valence-electron chi connectivity index (χ3n) is 2.56. The zero-order chi connectivity index (χ0) is 14.4. The molecule has 0 bridgehead atoms. The summed E-state index contributed by atoms with van der Waals surface area (Å²) in [5.41, 5.74) is 1.41. The van der Waals surface area contributed by atoms with E-state index in [2.05, 4.69) is 0 Å². The van der Waals surface area contributed by atoms with Gasteiger partial charge in [-0.05, 0) is 29.3 Å². The Bertz CT molecular complexity index is 621. The number of ether oxygens (including phenoxy) is 1. The molecular formula is C16H13FO3. The topological polar surface area (TPSA) is 46.5 Å². The number of hydrogen-bond donors (Lipinski definition) is 1. The third kappa shape index (κ3) is 4.24. The van der Waals surface area contributed by atoms with Gasteiger partial charge in [-0.3, -0.25) is 0 Å². The molecule has 0 spiro atoms. The number of benzene rings is 2. The zero-order valence-electron chi connectivity index (χ0n) is 10.6. The molecule has 1 N–H and O–H groups in total. The fraction of sp³-hybridized carbons (Fsp3) is 0.0625. The van der Waals surface area contributed by atoms with Crippen LogP contribution < -0.4 is 4.74 Å². The van der Waals surface area contributed by atoms with Crippen molar-refractivity contribution >= 4 is 12.0 Å². The quantitative estimate of drug-likeness (QED) is 0.847. The molecule has 0 radical (unpaired) electrons. The molecular weight excluding hydrogens is 259 g/mol. The summed E-state index contributed by atoms with van der Waals surface area (Å²) in [4.78, 5) is 10.4. The van der Waals surface area contributed by atoms with Gasteiger partial charge in [-0.15, -0.1) is 0 Å². The SMILES string of the molecule is O=C(O)/C=C/c1cc(F)cc(OCc2ccccc2)c1. The molecule has 0 heterocycles. The fourth-order valence-electron chi connectivity index (χ4n) is 1.67. The average molecular weight is 272 g/mol. The first-order valence-corrected chi connectivity index (χ1v) is 6.02. The fourth-order valence-corrected chi connectivity index (χ4v) is 1.67. The van der Waals surface area contributed by atoms with E-state index in [1.165, 1.54) is 18.2 Å². The molecule has 0 unspecified atom stereocenters. The molecule has 0 aliphatic heterocycles. The van der Waals surface area contributed by atoms with Gasteiger partial charge in [0.15, 0.2) is 0 Å². The van der Waals surface area contributed by atoms with Crippen LogP contribution in [0.3, 0.4) is 0 Å². The lowest BCUT2D eigenvalue weighted by Crippen LogP contribution is -1.96. The van der Waals surface area contributed by atoms with Crippen molar-refractivity contribution in [3.63, 3.8) is 0 Å². The van der Waals surface area contributed by atoms with Crippen molar-refractivity contribution in [2.45, 2.75) is 6.61 Å². The largest absolute Gasteiger partial charge is 0.489 e. The highest BCUT2D eigenvalue weighted by Gasteiger charge is 2.01. The maximum Gasteiger partial charge on any atom is 0.328 e. The first-order valence-electron chi connectivity index (χ1n) is 6.02. The molecule has 0 aliphatic rings. The minimum atomic E-state index is -1.08.